The Morgan fingerprint density at radius 1 is 0.479 bits per heavy atom. The van der Waals surface area contributed by atoms with E-state index in [9.17, 15) is 14.7 Å². The fraction of sp³-hybridized carbons (Fsp3) is 0.814. The zero-order valence-corrected chi connectivity index (χ0v) is 31.7. The summed E-state index contributed by atoms with van der Waals surface area (Å²) in [6.45, 7) is 4.10. The maximum absolute atomic E-state index is 12.2. The van der Waals surface area contributed by atoms with E-state index in [0.717, 1.165) is 64.2 Å². The molecule has 0 aliphatic rings. The quantitative estimate of drug-likeness (QED) is 0.0403. The number of hydrogen-bond acceptors (Lipinski definition) is 5. The molecule has 0 radical (unpaired) electrons. The molecule has 0 fully saturated rings. The van der Waals surface area contributed by atoms with Gasteiger partial charge in [0.05, 0.1) is 6.61 Å². The van der Waals surface area contributed by atoms with E-state index in [2.05, 4.69) is 50.3 Å². The minimum atomic E-state index is -0.777. The van der Waals surface area contributed by atoms with Crippen molar-refractivity contribution in [3.8, 4) is 0 Å². The largest absolute Gasteiger partial charge is 0.462 e. The van der Waals surface area contributed by atoms with Gasteiger partial charge in [-0.25, -0.2) is 0 Å². The standard InChI is InChI=1S/C43H78O5/c1-3-5-7-9-11-13-15-17-19-21-23-25-27-29-31-33-35-37-42(45)47-40-41(39-44)48-43(46)38-36-34-32-30-28-26-24-22-20-18-16-14-12-10-8-6-4-2/h11,13,17,19,23,25,41,44H,3-10,12,14-16,18,20-22,24,26-40H2,1-2H3/t41-/m0/s1. The lowest BCUT2D eigenvalue weighted by Crippen LogP contribution is -2.28. The number of carbonyl (C=O) groups is 2. The van der Waals surface area contributed by atoms with Crippen molar-refractivity contribution in [2.45, 2.75) is 213 Å². The van der Waals surface area contributed by atoms with Gasteiger partial charge >= 0.3 is 11.9 Å². The Morgan fingerprint density at radius 3 is 1.29 bits per heavy atom. The number of allylic oxidation sites excluding steroid dienone is 6. The van der Waals surface area contributed by atoms with Crippen LogP contribution in [0.1, 0.15) is 206 Å². The van der Waals surface area contributed by atoms with Crippen LogP contribution in [0.15, 0.2) is 36.5 Å². The molecule has 0 heterocycles. The predicted molar refractivity (Wildman–Crippen MR) is 205 cm³/mol. The lowest BCUT2D eigenvalue weighted by atomic mass is 10.0. The van der Waals surface area contributed by atoms with E-state index < -0.39 is 6.10 Å². The fourth-order valence-electron chi connectivity index (χ4n) is 5.80. The molecular formula is C43H78O5. The van der Waals surface area contributed by atoms with E-state index in [4.69, 9.17) is 9.47 Å². The maximum Gasteiger partial charge on any atom is 0.306 e. The normalized spacial score (nSPS) is 12.5. The van der Waals surface area contributed by atoms with Crippen molar-refractivity contribution in [1.29, 1.82) is 0 Å². The second-order valence-electron chi connectivity index (χ2n) is 13.7. The van der Waals surface area contributed by atoms with Gasteiger partial charge in [-0.05, 0) is 51.4 Å². The molecule has 0 aliphatic heterocycles. The van der Waals surface area contributed by atoms with Crippen molar-refractivity contribution in [2.75, 3.05) is 13.2 Å². The van der Waals surface area contributed by atoms with Crippen molar-refractivity contribution in [3.63, 3.8) is 0 Å². The number of hydrogen-bond donors (Lipinski definition) is 1. The minimum Gasteiger partial charge on any atom is -0.462 e. The van der Waals surface area contributed by atoms with E-state index in [-0.39, 0.29) is 25.2 Å². The maximum atomic E-state index is 12.2. The Hall–Kier alpha value is -1.88. The van der Waals surface area contributed by atoms with Crippen LogP contribution in [0.3, 0.4) is 0 Å². The number of esters is 2. The molecule has 0 saturated carbocycles. The molecule has 0 unspecified atom stereocenters. The highest BCUT2D eigenvalue weighted by atomic mass is 16.6. The Balaban J connectivity index is 3.57. The minimum absolute atomic E-state index is 0.0748. The number of carbonyl (C=O) groups excluding carboxylic acids is 2. The van der Waals surface area contributed by atoms with Crippen LogP contribution < -0.4 is 0 Å². The second-order valence-corrected chi connectivity index (χ2v) is 13.7. The summed E-state index contributed by atoms with van der Waals surface area (Å²) >= 11 is 0. The Morgan fingerprint density at radius 2 is 0.833 bits per heavy atom. The molecule has 0 aromatic heterocycles. The lowest BCUT2D eigenvalue weighted by molar-refractivity contribution is -0.161. The van der Waals surface area contributed by atoms with Crippen molar-refractivity contribution >= 4 is 11.9 Å². The van der Waals surface area contributed by atoms with Gasteiger partial charge in [0.15, 0.2) is 6.10 Å². The lowest BCUT2D eigenvalue weighted by Gasteiger charge is -2.15. The SMILES string of the molecule is CCCCCC=CCC=CCC=CCCCCCCC(=O)OC[C@H](CO)OC(=O)CCCCCCCCCCCCCCCCCCC. The summed E-state index contributed by atoms with van der Waals surface area (Å²) in [4.78, 5) is 24.3. The molecule has 0 aliphatic carbocycles. The van der Waals surface area contributed by atoms with E-state index in [1.54, 1.807) is 0 Å². The molecule has 1 N–H and O–H groups in total. The van der Waals surface area contributed by atoms with Gasteiger partial charge in [-0.2, -0.15) is 0 Å². The van der Waals surface area contributed by atoms with Crippen molar-refractivity contribution < 1.29 is 24.2 Å². The molecule has 1 atom stereocenters. The van der Waals surface area contributed by atoms with Crippen LogP contribution in [0.25, 0.3) is 0 Å². The molecule has 0 bridgehead atoms. The first kappa shape index (κ1) is 46.1. The van der Waals surface area contributed by atoms with Crippen LogP contribution in [0.5, 0.6) is 0 Å². The molecule has 5 nitrogen and oxygen atoms in total. The van der Waals surface area contributed by atoms with Gasteiger partial charge in [-0.15, -0.1) is 0 Å². The Labute approximate surface area is 297 Å². The third-order valence-corrected chi connectivity index (χ3v) is 8.94. The van der Waals surface area contributed by atoms with Gasteiger partial charge in [0, 0.05) is 12.8 Å². The van der Waals surface area contributed by atoms with E-state index in [1.807, 2.05) is 0 Å². The summed E-state index contributed by atoms with van der Waals surface area (Å²) in [6, 6.07) is 0. The summed E-state index contributed by atoms with van der Waals surface area (Å²) in [7, 11) is 0. The summed E-state index contributed by atoms with van der Waals surface area (Å²) in [5.41, 5.74) is 0. The van der Waals surface area contributed by atoms with Gasteiger partial charge in [0.1, 0.15) is 6.61 Å². The third kappa shape index (κ3) is 36.9. The van der Waals surface area contributed by atoms with E-state index in [0.29, 0.717) is 12.8 Å². The molecule has 48 heavy (non-hydrogen) atoms. The van der Waals surface area contributed by atoms with Crippen LogP contribution >= 0.6 is 0 Å². The van der Waals surface area contributed by atoms with Gasteiger partial charge in [-0.3, -0.25) is 9.59 Å². The summed E-state index contributed by atoms with van der Waals surface area (Å²) in [6.07, 6.45) is 47.7. The van der Waals surface area contributed by atoms with Crippen LogP contribution in [0, 0.1) is 0 Å². The molecule has 0 amide bonds. The molecule has 280 valence electrons. The van der Waals surface area contributed by atoms with Crippen molar-refractivity contribution in [2.24, 2.45) is 0 Å². The smallest absolute Gasteiger partial charge is 0.306 e. The molecule has 0 rings (SSSR count). The molecule has 5 heteroatoms. The number of unbranched alkanes of at least 4 members (excludes halogenated alkanes) is 23. The summed E-state index contributed by atoms with van der Waals surface area (Å²) < 4.78 is 10.6. The van der Waals surface area contributed by atoms with Crippen LogP contribution in [-0.4, -0.2) is 36.4 Å². The average Bonchev–Trinajstić information content (AvgIpc) is 3.09. The number of aliphatic hydroxyl groups is 1. The summed E-state index contributed by atoms with van der Waals surface area (Å²) in [5, 5.41) is 9.56. The van der Waals surface area contributed by atoms with Gasteiger partial charge in [0.25, 0.3) is 0 Å². The van der Waals surface area contributed by atoms with Crippen molar-refractivity contribution in [1.82, 2.24) is 0 Å². The average molecular weight is 675 g/mol. The third-order valence-electron chi connectivity index (χ3n) is 8.94. The molecule has 0 saturated heterocycles. The first-order valence-corrected chi connectivity index (χ1v) is 20.5. The molecule has 0 aromatic rings. The van der Waals surface area contributed by atoms with Crippen molar-refractivity contribution in [3.05, 3.63) is 36.5 Å². The van der Waals surface area contributed by atoms with Gasteiger partial charge in [0.2, 0.25) is 0 Å². The van der Waals surface area contributed by atoms with Gasteiger partial charge < -0.3 is 14.6 Å². The number of aliphatic hydroxyl groups excluding tert-OH is 1. The molecule has 0 spiro atoms. The van der Waals surface area contributed by atoms with Gasteiger partial charge in [-0.1, -0.05) is 179 Å². The predicted octanol–water partition coefficient (Wildman–Crippen LogP) is 12.8. The zero-order chi connectivity index (χ0) is 35.0. The highest BCUT2D eigenvalue weighted by Crippen LogP contribution is 2.15. The molecular weight excluding hydrogens is 596 g/mol. The fourth-order valence-corrected chi connectivity index (χ4v) is 5.80. The second kappa shape index (κ2) is 39.6. The summed E-state index contributed by atoms with van der Waals surface area (Å²) in [5.74, 6) is -0.610. The monoisotopic (exact) mass is 675 g/mol. The Bertz CT molecular complexity index is 771. The topological polar surface area (TPSA) is 72.8 Å². The first-order valence-electron chi connectivity index (χ1n) is 20.5. The zero-order valence-electron chi connectivity index (χ0n) is 31.7. The number of ether oxygens (including phenoxy) is 2. The van der Waals surface area contributed by atoms with Crippen LogP contribution in [0.2, 0.25) is 0 Å². The highest BCUT2D eigenvalue weighted by Gasteiger charge is 2.16. The number of rotatable bonds is 37. The molecule has 0 aromatic carbocycles. The highest BCUT2D eigenvalue weighted by molar-refractivity contribution is 5.70. The van der Waals surface area contributed by atoms with Crippen LogP contribution in [-0.2, 0) is 19.1 Å². The first-order chi connectivity index (χ1) is 23.6. The van der Waals surface area contributed by atoms with E-state index >= 15 is 0 Å². The van der Waals surface area contributed by atoms with E-state index in [1.165, 1.54) is 116 Å². The van der Waals surface area contributed by atoms with Crippen LogP contribution in [0.4, 0.5) is 0 Å². The Kier molecular flexibility index (Phi) is 38.0.